The number of aromatic nitrogens is 1. The molecule has 0 radical (unpaired) electrons. The van der Waals surface area contributed by atoms with Gasteiger partial charge in [0.1, 0.15) is 11.7 Å². The normalized spacial score (nSPS) is 31.4. The van der Waals surface area contributed by atoms with Crippen molar-refractivity contribution in [3.8, 4) is 11.3 Å². The Kier molecular flexibility index (Phi) is 3.90. The van der Waals surface area contributed by atoms with E-state index in [0.717, 1.165) is 41.7 Å². The molecule has 2 aliphatic carbocycles. The topological polar surface area (TPSA) is 48.4 Å². The third-order valence-electron chi connectivity index (χ3n) is 6.23. The number of ether oxygens (including phenoxy) is 2. The number of nitrogens with zero attached hydrogens (tertiary/aromatic N) is 1. The number of rotatable bonds is 4. The van der Waals surface area contributed by atoms with Gasteiger partial charge < -0.3 is 9.47 Å². The van der Waals surface area contributed by atoms with Crippen LogP contribution in [0, 0.1) is 11.8 Å². The van der Waals surface area contributed by atoms with Crippen LogP contribution in [-0.4, -0.2) is 22.7 Å². The summed E-state index contributed by atoms with van der Waals surface area (Å²) in [5.74, 6) is 0.576. The summed E-state index contributed by atoms with van der Waals surface area (Å²) >= 11 is 0. The summed E-state index contributed by atoms with van der Waals surface area (Å²) in [7, 11) is 0. The molecule has 0 bridgehead atoms. The zero-order valence-corrected chi connectivity index (χ0v) is 15.4. The fourth-order valence-electron chi connectivity index (χ4n) is 5.01. The van der Waals surface area contributed by atoms with Gasteiger partial charge in [-0.15, -0.1) is 0 Å². The molecule has 2 fully saturated rings. The molecule has 27 heavy (non-hydrogen) atoms. The molecule has 4 nitrogen and oxygen atoms in total. The van der Waals surface area contributed by atoms with Crippen molar-refractivity contribution < 1.29 is 14.3 Å². The van der Waals surface area contributed by atoms with Crippen LogP contribution in [0.25, 0.3) is 11.3 Å². The molecular formula is C23H23NO3. The number of esters is 1. The highest BCUT2D eigenvalue weighted by molar-refractivity contribution is 5.94. The third kappa shape index (κ3) is 2.62. The number of benzene rings is 1. The smallest absolute Gasteiger partial charge is 0.337 e. The maximum atomic E-state index is 12.4. The molecule has 0 amide bonds. The second-order valence-electron chi connectivity index (χ2n) is 7.96. The summed E-state index contributed by atoms with van der Waals surface area (Å²) in [4.78, 5) is 17.0. The summed E-state index contributed by atoms with van der Waals surface area (Å²) < 4.78 is 12.1. The number of hydrogen-bond acceptors (Lipinski definition) is 4. The molecule has 2 heterocycles. The molecule has 1 saturated heterocycles. The molecule has 1 aliphatic heterocycles. The quantitative estimate of drug-likeness (QED) is 0.762. The highest BCUT2D eigenvalue weighted by atomic mass is 16.6. The highest BCUT2D eigenvalue weighted by Crippen LogP contribution is 2.55. The average Bonchev–Trinajstić information content (AvgIpc) is 3.18. The van der Waals surface area contributed by atoms with Gasteiger partial charge in [-0.1, -0.05) is 49.4 Å². The first-order chi connectivity index (χ1) is 13.2. The third-order valence-corrected chi connectivity index (χ3v) is 6.23. The molecule has 5 rings (SSSR count). The fourth-order valence-corrected chi connectivity index (χ4v) is 5.01. The SMILES string of the molecule is C[C@H]1C=C2C(=O)O[C@H]3CC[C@@H](C1)[C@@]23OCc1ccc(-c2ccccc2)nc1. The summed E-state index contributed by atoms with van der Waals surface area (Å²) in [6.45, 7) is 2.61. The summed E-state index contributed by atoms with van der Waals surface area (Å²) in [5, 5.41) is 0. The van der Waals surface area contributed by atoms with E-state index in [-0.39, 0.29) is 12.1 Å². The lowest BCUT2D eigenvalue weighted by Gasteiger charge is -2.38. The largest absolute Gasteiger partial charge is 0.455 e. The Bertz CT molecular complexity index is 890. The Morgan fingerprint density at radius 1 is 1.19 bits per heavy atom. The number of carbonyl (C=O) groups excluding carboxylic acids is 1. The van der Waals surface area contributed by atoms with Crippen LogP contribution in [0.4, 0.5) is 0 Å². The molecule has 0 N–H and O–H groups in total. The van der Waals surface area contributed by atoms with Gasteiger partial charge >= 0.3 is 5.97 Å². The molecular weight excluding hydrogens is 338 g/mol. The Hall–Kier alpha value is -2.46. The van der Waals surface area contributed by atoms with E-state index in [1.807, 2.05) is 30.5 Å². The van der Waals surface area contributed by atoms with E-state index in [1.165, 1.54) is 0 Å². The average molecular weight is 361 g/mol. The zero-order chi connectivity index (χ0) is 18.4. The Balaban J connectivity index is 1.38. The van der Waals surface area contributed by atoms with Crippen molar-refractivity contribution in [1.29, 1.82) is 0 Å². The first-order valence-electron chi connectivity index (χ1n) is 9.74. The van der Waals surface area contributed by atoms with E-state index < -0.39 is 5.60 Å². The number of allylic oxidation sites excluding steroid dienone is 1. The first kappa shape index (κ1) is 16.7. The van der Waals surface area contributed by atoms with E-state index in [4.69, 9.17) is 9.47 Å². The van der Waals surface area contributed by atoms with Crippen LogP contribution in [0.1, 0.15) is 31.7 Å². The van der Waals surface area contributed by atoms with Crippen LogP contribution in [0.5, 0.6) is 0 Å². The second kappa shape index (κ2) is 6.31. The van der Waals surface area contributed by atoms with Crippen LogP contribution in [0.15, 0.2) is 60.3 Å². The van der Waals surface area contributed by atoms with Crippen molar-refractivity contribution in [2.45, 2.75) is 44.5 Å². The maximum absolute atomic E-state index is 12.4. The zero-order valence-electron chi connectivity index (χ0n) is 15.4. The van der Waals surface area contributed by atoms with Gasteiger partial charge in [-0.05, 0) is 42.7 Å². The minimum Gasteiger partial charge on any atom is -0.455 e. The van der Waals surface area contributed by atoms with Crippen molar-refractivity contribution >= 4 is 5.97 Å². The molecule has 1 aromatic carbocycles. The highest BCUT2D eigenvalue weighted by Gasteiger charge is 2.63. The van der Waals surface area contributed by atoms with Gasteiger partial charge in [0.05, 0.1) is 17.9 Å². The van der Waals surface area contributed by atoms with Gasteiger partial charge in [0.2, 0.25) is 0 Å². The molecule has 1 aromatic heterocycles. The van der Waals surface area contributed by atoms with Crippen molar-refractivity contribution in [1.82, 2.24) is 4.98 Å². The molecule has 4 atom stereocenters. The van der Waals surface area contributed by atoms with E-state index in [0.29, 0.717) is 18.4 Å². The molecule has 0 spiro atoms. The van der Waals surface area contributed by atoms with Crippen LogP contribution >= 0.6 is 0 Å². The van der Waals surface area contributed by atoms with Gasteiger partial charge in [-0.3, -0.25) is 4.98 Å². The molecule has 3 aliphatic rings. The Morgan fingerprint density at radius 3 is 2.81 bits per heavy atom. The maximum Gasteiger partial charge on any atom is 0.337 e. The van der Waals surface area contributed by atoms with E-state index in [1.54, 1.807) is 0 Å². The summed E-state index contributed by atoms with van der Waals surface area (Å²) in [6, 6.07) is 14.2. The molecule has 138 valence electrons. The first-order valence-corrected chi connectivity index (χ1v) is 9.74. The predicted octanol–water partition coefficient (Wildman–Crippen LogP) is 4.31. The molecule has 2 aromatic rings. The lowest BCUT2D eigenvalue weighted by molar-refractivity contribution is -0.142. The van der Waals surface area contributed by atoms with Crippen LogP contribution in [-0.2, 0) is 20.9 Å². The van der Waals surface area contributed by atoms with Gasteiger partial charge in [0, 0.05) is 11.8 Å². The minimum atomic E-state index is -0.554. The fraction of sp³-hybridized carbons (Fsp3) is 0.391. The van der Waals surface area contributed by atoms with E-state index >= 15 is 0 Å². The van der Waals surface area contributed by atoms with Crippen LogP contribution in [0.3, 0.4) is 0 Å². The van der Waals surface area contributed by atoms with E-state index in [9.17, 15) is 4.79 Å². The Labute approximate surface area is 159 Å². The van der Waals surface area contributed by atoms with Crippen molar-refractivity contribution in [3.63, 3.8) is 0 Å². The summed E-state index contributed by atoms with van der Waals surface area (Å²) in [5.41, 5.74) is 3.26. The van der Waals surface area contributed by atoms with Crippen molar-refractivity contribution in [2.24, 2.45) is 11.8 Å². The van der Waals surface area contributed by atoms with Gasteiger partial charge in [-0.2, -0.15) is 0 Å². The van der Waals surface area contributed by atoms with Crippen molar-refractivity contribution in [3.05, 3.63) is 65.9 Å². The van der Waals surface area contributed by atoms with Gasteiger partial charge in [0.15, 0.2) is 0 Å². The van der Waals surface area contributed by atoms with E-state index in [2.05, 4.69) is 36.2 Å². The molecule has 1 saturated carbocycles. The Morgan fingerprint density at radius 2 is 2.04 bits per heavy atom. The number of carbonyl (C=O) groups is 1. The van der Waals surface area contributed by atoms with Gasteiger partial charge in [-0.25, -0.2) is 4.79 Å². The monoisotopic (exact) mass is 361 g/mol. The molecule has 4 heteroatoms. The van der Waals surface area contributed by atoms with Crippen LogP contribution < -0.4 is 0 Å². The summed E-state index contributed by atoms with van der Waals surface area (Å²) in [6.07, 6.45) is 6.82. The number of pyridine rings is 1. The lowest BCUT2D eigenvalue weighted by atomic mass is 9.73. The van der Waals surface area contributed by atoms with Gasteiger partial charge in [0.25, 0.3) is 0 Å². The van der Waals surface area contributed by atoms with Crippen LogP contribution in [0.2, 0.25) is 0 Å². The molecule has 0 unspecified atom stereocenters. The standard InChI is InChI=1S/C23H23NO3/c1-15-11-18-8-10-21-23(18,19(12-15)22(25)27-21)26-14-16-7-9-20(24-13-16)17-5-3-2-4-6-17/h2-7,9,12-13,15,18,21H,8,10-11,14H2,1H3/t15-,18+,21+,23-/m1/s1. The van der Waals surface area contributed by atoms with Crippen molar-refractivity contribution in [2.75, 3.05) is 0 Å². The second-order valence-corrected chi connectivity index (χ2v) is 7.96. The minimum absolute atomic E-state index is 0.134. The number of hydrogen-bond donors (Lipinski definition) is 0. The lowest BCUT2D eigenvalue weighted by Crippen LogP contribution is -2.46. The predicted molar refractivity (Wildman–Crippen MR) is 102 cm³/mol.